The zero-order valence-electron chi connectivity index (χ0n) is 11.6. The number of aromatic nitrogens is 1. The van der Waals surface area contributed by atoms with Crippen LogP contribution in [0.5, 0.6) is 0 Å². The van der Waals surface area contributed by atoms with Gasteiger partial charge in [-0.15, -0.1) is 0 Å². The third-order valence-corrected chi connectivity index (χ3v) is 3.61. The molecule has 1 aromatic heterocycles. The van der Waals surface area contributed by atoms with Gasteiger partial charge in [0.2, 0.25) is 5.91 Å². The molecule has 1 unspecified atom stereocenters. The minimum atomic E-state index is 0.127. The van der Waals surface area contributed by atoms with Crippen molar-refractivity contribution in [2.24, 2.45) is 5.92 Å². The molecule has 1 saturated heterocycles. The Kier molecular flexibility index (Phi) is 5.33. The number of amides is 1. The predicted molar refractivity (Wildman–Crippen MR) is 75.5 cm³/mol. The summed E-state index contributed by atoms with van der Waals surface area (Å²) >= 11 is 0. The Bertz CT molecular complexity index is 394. The molecule has 0 aromatic carbocycles. The molecule has 0 radical (unpaired) electrons. The van der Waals surface area contributed by atoms with Gasteiger partial charge in [0.15, 0.2) is 0 Å². The van der Waals surface area contributed by atoms with Gasteiger partial charge in [0.05, 0.1) is 0 Å². The van der Waals surface area contributed by atoms with Gasteiger partial charge in [-0.1, -0.05) is 13.0 Å². The number of rotatable bonds is 5. The van der Waals surface area contributed by atoms with Gasteiger partial charge in [0, 0.05) is 38.4 Å². The molecule has 1 amide bonds. The van der Waals surface area contributed by atoms with Gasteiger partial charge in [-0.3, -0.25) is 9.78 Å². The summed E-state index contributed by atoms with van der Waals surface area (Å²) < 4.78 is 0. The molecule has 1 fully saturated rings. The predicted octanol–water partition coefficient (Wildman–Crippen LogP) is 1.82. The number of carbonyl (C=O) groups excluding carboxylic acids is 1. The van der Waals surface area contributed by atoms with E-state index in [4.69, 9.17) is 0 Å². The third-order valence-electron chi connectivity index (χ3n) is 3.61. The fourth-order valence-electron chi connectivity index (χ4n) is 2.54. The lowest BCUT2D eigenvalue weighted by Crippen LogP contribution is -2.37. The monoisotopic (exact) mass is 261 g/mol. The van der Waals surface area contributed by atoms with Gasteiger partial charge >= 0.3 is 0 Å². The zero-order chi connectivity index (χ0) is 13.5. The van der Waals surface area contributed by atoms with Gasteiger partial charge in [-0.2, -0.15) is 0 Å². The van der Waals surface area contributed by atoms with Crippen molar-refractivity contribution in [3.63, 3.8) is 0 Å². The van der Waals surface area contributed by atoms with Crippen LogP contribution in [0.25, 0.3) is 0 Å². The standard InChI is InChI=1S/C15H23N3O/c1-13-4-3-8-18(12-13)9-6-15(19)17-11-14-5-2-7-16-10-14/h2,5,7,10,13H,3-4,6,8-9,11-12H2,1H3,(H,17,19). The Morgan fingerprint density at radius 2 is 2.47 bits per heavy atom. The van der Waals surface area contributed by atoms with Crippen LogP contribution in [-0.4, -0.2) is 35.4 Å². The highest BCUT2D eigenvalue weighted by Gasteiger charge is 2.16. The summed E-state index contributed by atoms with van der Waals surface area (Å²) in [4.78, 5) is 18.2. The zero-order valence-corrected chi connectivity index (χ0v) is 11.6. The molecular weight excluding hydrogens is 238 g/mol. The summed E-state index contributed by atoms with van der Waals surface area (Å²) in [5.41, 5.74) is 1.04. The number of hydrogen-bond acceptors (Lipinski definition) is 3. The Morgan fingerprint density at radius 3 is 3.21 bits per heavy atom. The van der Waals surface area contributed by atoms with E-state index in [1.165, 1.54) is 12.8 Å². The van der Waals surface area contributed by atoms with E-state index in [1.54, 1.807) is 12.4 Å². The van der Waals surface area contributed by atoms with Crippen molar-refractivity contribution < 1.29 is 4.79 Å². The van der Waals surface area contributed by atoms with Crippen molar-refractivity contribution in [3.8, 4) is 0 Å². The molecule has 0 aliphatic carbocycles. The Balaban J connectivity index is 1.64. The van der Waals surface area contributed by atoms with Gasteiger partial charge in [0.1, 0.15) is 0 Å². The van der Waals surface area contributed by atoms with Crippen LogP contribution in [0.15, 0.2) is 24.5 Å². The number of likely N-dealkylation sites (tertiary alicyclic amines) is 1. The molecule has 2 heterocycles. The second-order valence-corrected chi connectivity index (χ2v) is 5.44. The molecule has 4 heteroatoms. The molecule has 1 aliphatic heterocycles. The number of carbonyl (C=O) groups is 1. The molecule has 104 valence electrons. The molecule has 1 aromatic rings. The van der Waals surface area contributed by atoms with Crippen LogP contribution >= 0.6 is 0 Å². The van der Waals surface area contributed by atoms with Crippen LogP contribution in [0.4, 0.5) is 0 Å². The fourth-order valence-corrected chi connectivity index (χ4v) is 2.54. The quantitative estimate of drug-likeness (QED) is 0.879. The minimum absolute atomic E-state index is 0.127. The first kappa shape index (κ1) is 14.0. The highest BCUT2D eigenvalue weighted by Crippen LogP contribution is 2.15. The molecule has 4 nitrogen and oxygen atoms in total. The fraction of sp³-hybridized carbons (Fsp3) is 0.600. The number of pyridine rings is 1. The first-order valence-electron chi connectivity index (χ1n) is 7.12. The molecule has 1 N–H and O–H groups in total. The molecule has 1 aliphatic rings. The van der Waals surface area contributed by atoms with Crippen molar-refractivity contribution in [1.82, 2.24) is 15.2 Å². The number of hydrogen-bond donors (Lipinski definition) is 1. The van der Waals surface area contributed by atoms with Crippen LogP contribution in [0, 0.1) is 5.92 Å². The summed E-state index contributed by atoms with van der Waals surface area (Å²) in [5, 5.41) is 2.94. The van der Waals surface area contributed by atoms with E-state index >= 15 is 0 Å². The van der Waals surface area contributed by atoms with Crippen LogP contribution in [0.3, 0.4) is 0 Å². The van der Waals surface area contributed by atoms with Crippen molar-refractivity contribution >= 4 is 5.91 Å². The van der Waals surface area contributed by atoms with Gasteiger partial charge in [-0.25, -0.2) is 0 Å². The average Bonchev–Trinajstić information content (AvgIpc) is 2.44. The maximum Gasteiger partial charge on any atom is 0.221 e. The molecular formula is C15H23N3O. The smallest absolute Gasteiger partial charge is 0.221 e. The summed E-state index contributed by atoms with van der Waals surface area (Å²) in [6, 6.07) is 3.86. The van der Waals surface area contributed by atoms with Crippen molar-refractivity contribution in [3.05, 3.63) is 30.1 Å². The summed E-state index contributed by atoms with van der Waals surface area (Å²) in [6.45, 7) is 6.01. The Morgan fingerprint density at radius 1 is 1.58 bits per heavy atom. The van der Waals surface area contributed by atoms with E-state index in [-0.39, 0.29) is 5.91 Å². The topological polar surface area (TPSA) is 45.2 Å². The lowest BCUT2D eigenvalue weighted by atomic mass is 10.0. The average molecular weight is 261 g/mol. The van der Waals surface area contributed by atoms with E-state index in [9.17, 15) is 4.79 Å². The molecule has 19 heavy (non-hydrogen) atoms. The maximum absolute atomic E-state index is 11.8. The van der Waals surface area contributed by atoms with Crippen molar-refractivity contribution in [2.45, 2.75) is 32.7 Å². The van der Waals surface area contributed by atoms with Crippen molar-refractivity contribution in [2.75, 3.05) is 19.6 Å². The van der Waals surface area contributed by atoms with Crippen LogP contribution in [0.1, 0.15) is 31.7 Å². The number of nitrogens with zero attached hydrogens (tertiary/aromatic N) is 2. The van der Waals surface area contributed by atoms with Gasteiger partial charge in [-0.05, 0) is 36.9 Å². The maximum atomic E-state index is 11.8. The second kappa shape index (κ2) is 7.24. The van der Waals surface area contributed by atoms with Crippen molar-refractivity contribution in [1.29, 1.82) is 0 Å². The summed E-state index contributed by atoms with van der Waals surface area (Å²) in [7, 11) is 0. The molecule has 0 saturated carbocycles. The molecule has 0 spiro atoms. The third kappa shape index (κ3) is 4.99. The van der Waals surface area contributed by atoms with E-state index in [0.717, 1.165) is 31.1 Å². The van der Waals surface area contributed by atoms with E-state index in [2.05, 4.69) is 22.1 Å². The first-order valence-corrected chi connectivity index (χ1v) is 7.12. The number of piperidine rings is 1. The van der Waals surface area contributed by atoms with Crippen LogP contribution < -0.4 is 5.32 Å². The molecule has 1 atom stereocenters. The second-order valence-electron chi connectivity index (χ2n) is 5.44. The van der Waals surface area contributed by atoms with Crippen LogP contribution in [-0.2, 0) is 11.3 Å². The largest absolute Gasteiger partial charge is 0.352 e. The summed E-state index contributed by atoms with van der Waals surface area (Å²) in [5.74, 6) is 0.897. The minimum Gasteiger partial charge on any atom is -0.352 e. The van der Waals surface area contributed by atoms with E-state index in [1.807, 2.05) is 12.1 Å². The Labute approximate surface area is 115 Å². The van der Waals surface area contributed by atoms with Crippen LogP contribution in [0.2, 0.25) is 0 Å². The van der Waals surface area contributed by atoms with Gasteiger partial charge in [0.25, 0.3) is 0 Å². The summed E-state index contributed by atoms with van der Waals surface area (Å²) in [6.07, 6.45) is 6.70. The Hall–Kier alpha value is -1.42. The SMILES string of the molecule is CC1CCCN(CCC(=O)NCc2cccnc2)C1. The number of nitrogens with one attached hydrogen (secondary N) is 1. The normalized spacial score (nSPS) is 20.2. The highest BCUT2D eigenvalue weighted by atomic mass is 16.1. The lowest BCUT2D eigenvalue weighted by molar-refractivity contribution is -0.121. The highest BCUT2D eigenvalue weighted by molar-refractivity contribution is 5.76. The van der Waals surface area contributed by atoms with Gasteiger partial charge < -0.3 is 10.2 Å². The lowest BCUT2D eigenvalue weighted by Gasteiger charge is -2.30. The molecule has 2 rings (SSSR count). The van der Waals surface area contributed by atoms with E-state index in [0.29, 0.717) is 13.0 Å². The first-order chi connectivity index (χ1) is 9.24. The van der Waals surface area contributed by atoms with E-state index < -0.39 is 0 Å². The molecule has 0 bridgehead atoms.